The number of nitriles is 1. The lowest BCUT2D eigenvalue weighted by atomic mass is 10.2. The summed E-state index contributed by atoms with van der Waals surface area (Å²) >= 11 is 0. The predicted molar refractivity (Wildman–Crippen MR) is 83.8 cm³/mol. The number of hydrogen-bond acceptors (Lipinski definition) is 4. The third-order valence-electron chi connectivity index (χ3n) is 3.84. The predicted octanol–water partition coefficient (Wildman–Crippen LogP) is 3.22. The van der Waals surface area contributed by atoms with Crippen molar-refractivity contribution >= 4 is 5.69 Å². The van der Waals surface area contributed by atoms with Crippen LogP contribution in [0.2, 0.25) is 0 Å². The van der Waals surface area contributed by atoms with Crippen molar-refractivity contribution in [3.8, 4) is 17.7 Å². The Morgan fingerprint density at radius 2 is 2.18 bits per heavy atom. The lowest BCUT2D eigenvalue weighted by molar-refractivity contribution is 0.0952. The largest absolute Gasteiger partial charge is 0.439 e. The highest BCUT2D eigenvalue weighted by molar-refractivity contribution is 5.56. The summed E-state index contributed by atoms with van der Waals surface area (Å²) < 4.78 is 13.4. The first-order valence-corrected chi connectivity index (χ1v) is 7.42. The van der Waals surface area contributed by atoms with Gasteiger partial charge in [-0.3, -0.25) is 4.57 Å². The van der Waals surface area contributed by atoms with Crippen LogP contribution in [0, 0.1) is 18.3 Å². The molecule has 114 valence electrons. The minimum Gasteiger partial charge on any atom is -0.439 e. The van der Waals surface area contributed by atoms with Crippen LogP contribution in [-0.4, -0.2) is 17.3 Å². The summed E-state index contributed by atoms with van der Waals surface area (Å²) in [5.41, 5.74) is 8.16. The molecule has 1 fully saturated rings. The van der Waals surface area contributed by atoms with E-state index in [1.54, 1.807) is 6.07 Å². The van der Waals surface area contributed by atoms with E-state index in [0.717, 1.165) is 25.0 Å². The molecule has 0 spiro atoms. The monoisotopic (exact) mass is 297 g/mol. The molecule has 1 aliphatic rings. The zero-order valence-electron chi connectivity index (χ0n) is 12.6. The first kappa shape index (κ1) is 14.5. The fourth-order valence-corrected chi connectivity index (χ4v) is 2.65. The fourth-order valence-electron chi connectivity index (χ4n) is 2.65. The van der Waals surface area contributed by atoms with E-state index in [-0.39, 0.29) is 6.10 Å². The van der Waals surface area contributed by atoms with Crippen molar-refractivity contribution in [2.45, 2.75) is 32.4 Å². The van der Waals surface area contributed by atoms with Gasteiger partial charge in [0.1, 0.15) is 17.5 Å². The summed E-state index contributed by atoms with van der Waals surface area (Å²) in [5, 5.41) is 9.31. The molecule has 1 atom stereocenters. The number of nitrogens with two attached hydrogens (primary N) is 1. The Labute approximate surface area is 129 Å². The van der Waals surface area contributed by atoms with E-state index in [1.165, 1.54) is 0 Å². The van der Waals surface area contributed by atoms with Gasteiger partial charge in [0.05, 0.1) is 18.3 Å². The first-order valence-electron chi connectivity index (χ1n) is 7.42. The molecule has 1 saturated heterocycles. The molecule has 0 unspecified atom stereocenters. The molecular formula is C17H19N3O2. The quantitative estimate of drug-likeness (QED) is 0.940. The maximum absolute atomic E-state index is 9.31. The van der Waals surface area contributed by atoms with Gasteiger partial charge in [-0.25, -0.2) is 0 Å². The Morgan fingerprint density at radius 1 is 1.41 bits per heavy atom. The highest BCUT2D eigenvalue weighted by Crippen LogP contribution is 2.32. The third-order valence-corrected chi connectivity index (χ3v) is 3.84. The Balaban J connectivity index is 1.90. The van der Waals surface area contributed by atoms with Crippen LogP contribution in [0.25, 0.3) is 0 Å². The van der Waals surface area contributed by atoms with Crippen molar-refractivity contribution in [2.75, 3.05) is 12.3 Å². The molecule has 22 heavy (non-hydrogen) atoms. The van der Waals surface area contributed by atoms with Gasteiger partial charge in [-0.05, 0) is 31.9 Å². The van der Waals surface area contributed by atoms with Gasteiger partial charge < -0.3 is 15.2 Å². The number of rotatable bonds is 4. The van der Waals surface area contributed by atoms with E-state index in [2.05, 4.69) is 6.07 Å². The molecule has 1 aromatic heterocycles. The van der Waals surface area contributed by atoms with Gasteiger partial charge in [0, 0.05) is 12.7 Å². The second-order valence-electron chi connectivity index (χ2n) is 5.56. The Hall–Kier alpha value is -2.45. The number of anilines is 1. The van der Waals surface area contributed by atoms with Crippen LogP contribution in [0.15, 0.2) is 30.3 Å². The van der Waals surface area contributed by atoms with E-state index in [4.69, 9.17) is 15.2 Å². The van der Waals surface area contributed by atoms with Crippen molar-refractivity contribution in [2.24, 2.45) is 0 Å². The van der Waals surface area contributed by atoms with Crippen molar-refractivity contribution < 1.29 is 9.47 Å². The van der Waals surface area contributed by atoms with E-state index >= 15 is 0 Å². The van der Waals surface area contributed by atoms with E-state index in [1.807, 2.05) is 35.8 Å². The molecule has 0 radical (unpaired) electrons. The number of benzene rings is 1. The summed E-state index contributed by atoms with van der Waals surface area (Å²) in [6.07, 6.45) is 2.16. The number of aromatic nitrogens is 1. The highest BCUT2D eigenvalue weighted by Gasteiger charge is 2.22. The molecule has 2 heterocycles. The normalized spacial score (nSPS) is 17.4. The highest BCUT2D eigenvalue weighted by atomic mass is 16.5. The standard InChI is InChI=1S/C17H19N3O2/c1-12-4-6-14(7-5-12)22-17-16(19)9-13(10-18)20(17)11-15-3-2-8-21-15/h4-7,9,15H,2-3,8,11,19H2,1H3/t15-/m1/s1. The zero-order valence-corrected chi connectivity index (χ0v) is 12.6. The Morgan fingerprint density at radius 3 is 2.82 bits per heavy atom. The SMILES string of the molecule is Cc1ccc(Oc2c(N)cc(C#N)n2C[C@H]2CCCO2)cc1. The van der Waals surface area contributed by atoms with E-state index in [9.17, 15) is 5.26 Å². The van der Waals surface area contributed by atoms with Gasteiger partial charge in [-0.15, -0.1) is 0 Å². The minimum atomic E-state index is 0.110. The minimum absolute atomic E-state index is 0.110. The average Bonchev–Trinajstić information content (AvgIpc) is 3.12. The van der Waals surface area contributed by atoms with Gasteiger partial charge in [-0.1, -0.05) is 17.7 Å². The van der Waals surface area contributed by atoms with E-state index in [0.29, 0.717) is 29.6 Å². The fraction of sp³-hybridized carbons (Fsp3) is 0.353. The Bertz CT molecular complexity index is 692. The van der Waals surface area contributed by atoms with Crippen LogP contribution in [-0.2, 0) is 11.3 Å². The molecule has 0 bridgehead atoms. The number of hydrogen-bond donors (Lipinski definition) is 1. The molecule has 3 rings (SSSR count). The van der Waals surface area contributed by atoms with Gasteiger partial charge in [0.15, 0.2) is 0 Å². The summed E-state index contributed by atoms with van der Waals surface area (Å²) in [6.45, 7) is 3.38. The molecule has 0 aliphatic carbocycles. The Kier molecular flexibility index (Phi) is 4.03. The number of ether oxygens (including phenoxy) is 2. The van der Waals surface area contributed by atoms with Crippen molar-refractivity contribution in [1.29, 1.82) is 5.26 Å². The zero-order chi connectivity index (χ0) is 15.5. The average molecular weight is 297 g/mol. The maximum atomic E-state index is 9.31. The molecule has 1 aromatic carbocycles. The lowest BCUT2D eigenvalue weighted by Gasteiger charge is -2.16. The number of nitrogen functional groups attached to an aromatic ring is 1. The van der Waals surface area contributed by atoms with Crippen LogP contribution in [0.3, 0.4) is 0 Å². The van der Waals surface area contributed by atoms with Crippen LogP contribution < -0.4 is 10.5 Å². The summed E-state index contributed by atoms with van der Waals surface area (Å²) in [4.78, 5) is 0. The second-order valence-corrected chi connectivity index (χ2v) is 5.56. The number of nitrogens with zero attached hydrogens (tertiary/aromatic N) is 2. The summed E-state index contributed by atoms with van der Waals surface area (Å²) in [6, 6.07) is 11.6. The lowest BCUT2D eigenvalue weighted by Crippen LogP contribution is -2.16. The molecule has 0 saturated carbocycles. The van der Waals surface area contributed by atoms with Crippen molar-refractivity contribution in [1.82, 2.24) is 4.57 Å². The molecular weight excluding hydrogens is 278 g/mol. The van der Waals surface area contributed by atoms with Crippen LogP contribution in [0.5, 0.6) is 11.6 Å². The molecule has 1 aliphatic heterocycles. The molecule has 2 N–H and O–H groups in total. The van der Waals surface area contributed by atoms with Crippen molar-refractivity contribution in [3.05, 3.63) is 41.6 Å². The van der Waals surface area contributed by atoms with Gasteiger partial charge >= 0.3 is 0 Å². The van der Waals surface area contributed by atoms with Gasteiger partial charge in [0.2, 0.25) is 5.88 Å². The van der Waals surface area contributed by atoms with Gasteiger partial charge in [0.25, 0.3) is 0 Å². The molecule has 5 heteroatoms. The summed E-state index contributed by atoms with van der Waals surface area (Å²) in [7, 11) is 0. The van der Waals surface area contributed by atoms with Crippen molar-refractivity contribution in [3.63, 3.8) is 0 Å². The molecule has 0 amide bonds. The van der Waals surface area contributed by atoms with Crippen LogP contribution >= 0.6 is 0 Å². The molecule has 2 aromatic rings. The molecule has 5 nitrogen and oxygen atoms in total. The third kappa shape index (κ3) is 2.92. The smallest absolute Gasteiger partial charge is 0.224 e. The van der Waals surface area contributed by atoms with Crippen LogP contribution in [0.1, 0.15) is 24.1 Å². The van der Waals surface area contributed by atoms with Crippen LogP contribution in [0.4, 0.5) is 5.69 Å². The first-order chi connectivity index (χ1) is 10.7. The topological polar surface area (TPSA) is 73.2 Å². The van der Waals surface area contributed by atoms with Gasteiger partial charge in [-0.2, -0.15) is 5.26 Å². The summed E-state index contributed by atoms with van der Waals surface area (Å²) in [5.74, 6) is 1.21. The second kappa shape index (κ2) is 6.12. The number of aryl methyl sites for hydroxylation is 1. The van der Waals surface area contributed by atoms with E-state index < -0.39 is 0 Å². The maximum Gasteiger partial charge on any atom is 0.224 e.